The Hall–Kier alpha value is -1.93. The first-order chi connectivity index (χ1) is 12.0. The number of methoxy groups -OCH3 is 2. The molecule has 3 rings (SSSR count). The fraction of sp³-hybridized carbons (Fsp3) is 0.294. The van der Waals surface area contributed by atoms with Crippen molar-refractivity contribution in [1.82, 2.24) is 15.1 Å². The number of fused-ring (bicyclic) bond motifs is 1. The van der Waals surface area contributed by atoms with E-state index < -0.39 is 6.29 Å². The van der Waals surface area contributed by atoms with Crippen molar-refractivity contribution in [3.63, 3.8) is 0 Å². The van der Waals surface area contributed by atoms with Crippen molar-refractivity contribution in [1.29, 1.82) is 0 Å². The predicted molar refractivity (Wildman–Crippen MR) is 98.8 cm³/mol. The smallest absolute Gasteiger partial charge is 0.261 e. The first kappa shape index (κ1) is 17.9. The van der Waals surface area contributed by atoms with E-state index in [4.69, 9.17) is 21.1 Å². The normalized spacial score (nSPS) is 11.4. The highest BCUT2D eigenvalue weighted by molar-refractivity contribution is 7.20. The summed E-state index contributed by atoms with van der Waals surface area (Å²) in [6.07, 6.45) is -0.468. The van der Waals surface area contributed by atoms with Crippen molar-refractivity contribution < 1.29 is 14.3 Å². The molecule has 0 radical (unpaired) electrons. The Kier molecular flexibility index (Phi) is 5.39. The number of carbonyl (C=O) groups excluding carboxylic acids is 1. The molecule has 6 nitrogen and oxygen atoms in total. The average Bonchev–Trinajstić information content (AvgIpc) is 3.17. The lowest BCUT2D eigenvalue weighted by Gasteiger charge is -2.13. The van der Waals surface area contributed by atoms with E-state index in [0.717, 1.165) is 21.6 Å². The zero-order valence-electron chi connectivity index (χ0n) is 14.1. The van der Waals surface area contributed by atoms with E-state index in [-0.39, 0.29) is 12.5 Å². The number of halogens is 1. The molecule has 0 saturated heterocycles. The zero-order chi connectivity index (χ0) is 18.0. The second kappa shape index (κ2) is 7.53. The Morgan fingerprint density at radius 3 is 2.64 bits per heavy atom. The number of hydrogen-bond acceptors (Lipinski definition) is 5. The van der Waals surface area contributed by atoms with Crippen molar-refractivity contribution in [2.24, 2.45) is 0 Å². The summed E-state index contributed by atoms with van der Waals surface area (Å²) in [6.45, 7) is 2.21. The van der Waals surface area contributed by atoms with Crippen LogP contribution in [-0.2, 0) is 9.47 Å². The number of amides is 1. The molecular formula is C17H18ClN3O3S. The number of thiophene rings is 1. The summed E-state index contributed by atoms with van der Waals surface area (Å²) in [5, 5.41) is 9.00. The van der Waals surface area contributed by atoms with Gasteiger partial charge in [-0.25, -0.2) is 4.68 Å². The highest BCUT2D eigenvalue weighted by Gasteiger charge is 2.18. The van der Waals surface area contributed by atoms with Crippen molar-refractivity contribution in [2.45, 2.75) is 13.2 Å². The third-order valence-corrected chi connectivity index (χ3v) is 5.16. The number of carbonyl (C=O) groups is 1. The highest BCUT2D eigenvalue weighted by Crippen LogP contribution is 2.30. The number of ether oxygens (including phenoxy) is 2. The molecule has 0 bridgehead atoms. The molecule has 132 valence electrons. The molecule has 0 unspecified atom stereocenters. The van der Waals surface area contributed by atoms with E-state index in [1.54, 1.807) is 0 Å². The van der Waals surface area contributed by atoms with E-state index in [9.17, 15) is 4.79 Å². The van der Waals surface area contributed by atoms with Crippen LogP contribution in [0.3, 0.4) is 0 Å². The minimum Gasteiger partial charge on any atom is -0.354 e. The quantitative estimate of drug-likeness (QED) is 0.667. The van der Waals surface area contributed by atoms with E-state index >= 15 is 0 Å². The van der Waals surface area contributed by atoms with Gasteiger partial charge in [0.1, 0.15) is 4.83 Å². The fourth-order valence-corrected chi connectivity index (χ4v) is 3.67. The molecule has 0 atom stereocenters. The Bertz CT molecular complexity index is 885. The largest absolute Gasteiger partial charge is 0.354 e. The van der Waals surface area contributed by atoms with Gasteiger partial charge in [-0.15, -0.1) is 11.3 Å². The van der Waals surface area contributed by atoms with Crippen LogP contribution >= 0.6 is 22.9 Å². The molecule has 0 spiro atoms. The van der Waals surface area contributed by atoms with Gasteiger partial charge in [0.2, 0.25) is 0 Å². The van der Waals surface area contributed by atoms with Gasteiger partial charge >= 0.3 is 0 Å². The summed E-state index contributed by atoms with van der Waals surface area (Å²) in [5.41, 5.74) is 1.77. The second-order valence-corrected chi connectivity index (χ2v) is 6.88. The van der Waals surface area contributed by atoms with Gasteiger partial charge < -0.3 is 14.8 Å². The zero-order valence-corrected chi connectivity index (χ0v) is 15.6. The molecule has 3 aromatic rings. The highest BCUT2D eigenvalue weighted by atomic mass is 35.5. The topological polar surface area (TPSA) is 65.4 Å². The van der Waals surface area contributed by atoms with Crippen molar-refractivity contribution in [3.05, 3.63) is 45.9 Å². The molecule has 0 aliphatic carbocycles. The number of hydrogen-bond donors (Lipinski definition) is 1. The third kappa shape index (κ3) is 3.69. The van der Waals surface area contributed by atoms with Crippen LogP contribution in [0.5, 0.6) is 0 Å². The van der Waals surface area contributed by atoms with Crippen LogP contribution in [0.2, 0.25) is 5.02 Å². The molecule has 0 saturated carbocycles. The Labute approximate surface area is 154 Å². The first-order valence-electron chi connectivity index (χ1n) is 7.62. The second-order valence-electron chi connectivity index (χ2n) is 5.41. The van der Waals surface area contributed by atoms with E-state index in [1.165, 1.54) is 25.6 Å². The van der Waals surface area contributed by atoms with Crippen LogP contribution in [0.1, 0.15) is 15.4 Å². The number of aryl methyl sites for hydroxylation is 1. The predicted octanol–water partition coefficient (Wildman–Crippen LogP) is 3.40. The maximum atomic E-state index is 12.4. The summed E-state index contributed by atoms with van der Waals surface area (Å²) in [7, 11) is 3.06. The molecule has 0 aliphatic heterocycles. The molecule has 0 aliphatic rings. The van der Waals surface area contributed by atoms with E-state index in [2.05, 4.69) is 10.4 Å². The molecule has 25 heavy (non-hydrogen) atoms. The van der Waals surface area contributed by atoms with Gasteiger partial charge in [-0.2, -0.15) is 5.10 Å². The van der Waals surface area contributed by atoms with Gasteiger partial charge in [0.25, 0.3) is 5.91 Å². The van der Waals surface area contributed by atoms with Crippen molar-refractivity contribution in [2.75, 3.05) is 20.8 Å². The Morgan fingerprint density at radius 1 is 1.32 bits per heavy atom. The molecule has 1 amide bonds. The van der Waals surface area contributed by atoms with Crippen LogP contribution < -0.4 is 5.32 Å². The monoisotopic (exact) mass is 379 g/mol. The molecule has 1 aromatic carbocycles. The summed E-state index contributed by atoms with van der Waals surface area (Å²) in [6, 6.07) is 9.29. The summed E-state index contributed by atoms with van der Waals surface area (Å²) in [5.74, 6) is -0.164. The number of benzene rings is 1. The van der Waals surface area contributed by atoms with Gasteiger partial charge in [-0.05, 0) is 37.3 Å². The SMILES string of the molecule is COC(CNC(=O)c1cc2c(C)nn(-c3ccc(Cl)cc3)c2s1)OC. The summed E-state index contributed by atoms with van der Waals surface area (Å²) >= 11 is 7.34. The van der Waals surface area contributed by atoms with Gasteiger partial charge in [-0.3, -0.25) is 4.79 Å². The minimum absolute atomic E-state index is 0.164. The first-order valence-corrected chi connectivity index (χ1v) is 8.82. The molecule has 0 fully saturated rings. The maximum Gasteiger partial charge on any atom is 0.261 e. The van der Waals surface area contributed by atoms with Crippen LogP contribution in [0, 0.1) is 6.92 Å². The average molecular weight is 380 g/mol. The number of rotatable bonds is 6. The number of nitrogens with one attached hydrogen (secondary N) is 1. The molecule has 1 N–H and O–H groups in total. The van der Waals surface area contributed by atoms with Crippen LogP contribution in [0.4, 0.5) is 0 Å². The fourth-order valence-electron chi connectivity index (χ4n) is 2.44. The summed E-state index contributed by atoms with van der Waals surface area (Å²) < 4.78 is 12.0. The van der Waals surface area contributed by atoms with Gasteiger partial charge in [0.15, 0.2) is 6.29 Å². The maximum absolute atomic E-state index is 12.4. The number of nitrogens with zero attached hydrogens (tertiary/aromatic N) is 2. The standard InChI is InChI=1S/C17H18ClN3O3S/c1-10-13-8-14(16(22)19-9-15(23-2)24-3)25-17(13)21(20-10)12-6-4-11(18)5-7-12/h4-8,15H,9H2,1-3H3,(H,19,22). The van der Waals surface area contributed by atoms with Gasteiger partial charge in [0, 0.05) is 24.6 Å². The molecule has 8 heteroatoms. The van der Waals surface area contributed by atoms with Gasteiger partial charge in [-0.1, -0.05) is 11.6 Å². The Balaban J connectivity index is 1.88. The van der Waals surface area contributed by atoms with Crippen LogP contribution in [0.15, 0.2) is 30.3 Å². The molecule has 2 heterocycles. The molecular weight excluding hydrogens is 362 g/mol. The molecule has 2 aromatic heterocycles. The van der Waals surface area contributed by atoms with Gasteiger partial charge in [0.05, 0.1) is 22.8 Å². The lowest BCUT2D eigenvalue weighted by Crippen LogP contribution is -2.33. The van der Waals surface area contributed by atoms with E-state index in [0.29, 0.717) is 9.90 Å². The lowest BCUT2D eigenvalue weighted by atomic mass is 10.3. The van der Waals surface area contributed by atoms with Crippen molar-refractivity contribution >= 4 is 39.1 Å². The summed E-state index contributed by atoms with van der Waals surface area (Å²) in [4.78, 5) is 13.9. The van der Waals surface area contributed by atoms with Crippen LogP contribution in [0.25, 0.3) is 15.9 Å². The minimum atomic E-state index is -0.468. The third-order valence-electron chi connectivity index (χ3n) is 3.79. The van der Waals surface area contributed by atoms with E-state index in [1.807, 2.05) is 41.9 Å². The lowest BCUT2D eigenvalue weighted by molar-refractivity contribution is -0.0974. The van der Waals surface area contributed by atoms with Crippen molar-refractivity contribution in [3.8, 4) is 5.69 Å². The number of aromatic nitrogens is 2. The van der Waals surface area contributed by atoms with Crippen LogP contribution in [-0.4, -0.2) is 42.7 Å². The Morgan fingerprint density at radius 2 is 2.00 bits per heavy atom.